The zero-order valence-corrected chi connectivity index (χ0v) is 11.2. The fraction of sp³-hybridized carbons (Fsp3) is 0.533. The first kappa shape index (κ1) is 14.0. The average molecular weight is 264 g/mol. The maximum absolute atomic E-state index is 12.9. The van der Waals surface area contributed by atoms with Crippen molar-refractivity contribution in [3.05, 3.63) is 35.6 Å². The minimum Gasteiger partial charge on any atom is -0.369 e. The molecule has 3 N–H and O–H groups in total. The summed E-state index contributed by atoms with van der Waals surface area (Å²) in [5.74, 6) is -0.345. The van der Waals surface area contributed by atoms with E-state index in [0.717, 1.165) is 31.2 Å². The van der Waals surface area contributed by atoms with Gasteiger partial charge in [0.2, 0.25) is 5.91 Å². The molecule has 0 bridgehead atoms. The molecule has 1 amide bonds. The van der Waals surface area contributed by atoms with E-state index in [1.165, 1.54) is 12.1 Å². The van der Waals surface area contributed by atoms with E-state index in [2.05, 4.69) is 12.2 Å². The van der Waals surface area contributed by atoms with Crippen LogP contribution in [0, 0.1) is 11.7 Å². The van der Waals surface area contributed by atoms with E-state index in [1.54, 1.807) is 0 Å². The number of hydrogen-bond donors (Lipinski definition) is 2. The number of nitrogens with two attached hydrogens (primary N) is 1. The van der Waals surface area contributed by atoms with Crippen molar-refractivity contribution in [1.82, 2.24) is 5.32 Å². The molecule has 0 aliphatic heterocycles. The Bertz CT molecular complexity index is 424. The lowest BCUT2D eigenvalue weighted by atomic mass is 9.85. The van der Waals surface area contributed by atoms with Gasteiger partial charge in [0.05, 0.1) is 0 Å². The smallest absolute Gasteiger partial charge is 0.220 e. The molecule has 1 aromatic carbocycles. The maximum atomic E-state index is 12.9. The summed E-state index contributed by atoms with van der Waals surface area (Å²) >= 11 is 0. The summed E-state index contributed by atoms with van der Waals surface area (Å²) in [6.45, 7) is 2.08. The van der Waals surface area contributed by atoms with Crippen LogP contribution in [0.2, 0.25) is 0 Å². The van der Waals surface area contributed by atoms with E-state index in [4.69, 9.17) is 5.73 Å². The van der Waals surface area contributed by atoms with E-state index < -0.39 is 0 Å². The molecule has 1 unspecified atom stereocenters. The van der Waals surface area contributed by atoms with E-state index in [-0.39, 0.29) is 23.7 Å². The molecule has 0 aromatic heterocycles. The lowest BCUT2D eigenvalue weighted by molar-refractivity contribution is -0.122. The molecule has 104 valence electrons. The van der Waals surface area contributed by atoms with Gasteiger partial charge in [-0.1, -0.05) is 12.1 Å². The van der Waals surface area contributed by atoms with Crippen molar-refractivity contribution in [3.8, 4) is 0 Å². The van der Waals surface area contributed by atoms with Gasteiger partial charge in [-0.15, -0.1) is 0 Å². The van der Waals surface area contributed by atoms with Crippen LogP contribution in [0.3, 0.4) is 0 Å². The van der Waals surface area contributed by atoms with Crippen molar-refractivity contribution in [1.29, 1.82) is 0 Å². The highest BCUT2D eigenvalue weighted by molar-refractivity contribution is 5.76. The molecule has 1 aliphatic rings. The molecule has 1 fully saturated rings. The second-order valence-electron chi connectivity index (χ2n) is 5.39. The number of benzene rings is 1. The van der Waals surface area contributed by atoms with Gasteiger partial charge >= 0.3 is 0 Å². The molecular formula is C15H21FN2O. The monoisotopic (exact) mass is 264 g/mol. The Kier molecular flexibility index (Phi) is 4.53. The van der Waals surface area contributed by atoms with Crippen LogP contribution >= 0.6 is 0 Å². The first-order valence-corrected chi connectivity index (χ1v) is 6.87. The number of hydrogen-bond acceptors (Lipinski definition) is 2. The predicted octanol–water partition coefficient (Wildman–Crippen LogP) is 2.52. The van der Waals surface area contributed by atoms with Crippen molar-refractivity contribution in [3.63, 3.8) is 0 Å². The van der Waals surface area contributed by atoms with Crippen molar-refractivity contribution < 1.29 is 9.18 Å². The zero-order chi connectivity index (χ0) is 13.8. The third kappa shape index (κ3) is 3.77. The Morgan fingerprint density at radius 1 is 1.26 bits per heavy atom. The fourth-order valence-corrected chi connectivity index (χ4v) is 2.75. The number of amides is 1. The molecule has 1 atom stereocenters. The van der Waals surface area contributed by atoms with Crippen LogP contribution in [-0.4, -0.2) is 11.9 Å². The highest BCUT2D eigenvalue weighted by Crippen LogP contribution is 2.26. The molecular weight excluding hydrogens is 243 g/mol. The number of carbonyl (C=O) groups excluding carboxylic acids is 1. The van der Waals surface area contributed by atoms with Crippen molar-refractivity contribution in [2.24, 2.45) is 11.7 Å². The molecule has 19 heavy (non-hydrogen) atoms. The minimum absolute atomic E-state index is 0.0409. The van der Waals surface area contributed by atoms with Crippen LogP contribution in [0.5, 0.6) is 0 Å². The Balaban J connectivity index is 1.85. The molecule has 4 heteroatoms. The number of rotatable bonds is 4. The third-order valence-electron chi connectivity index (χ3n) is 3.99. The van der Waals surface area contributed by atoms with E-state index >= 15 is 0 Å². The number of primary amides is 1. The largest absolute Gasteiger partial charge is 0.369 e. The van der Waals surface area contributed by atoms with Crippen LogP contribution in [0.25, 0.3) is 0 Å². The topological polar surface area (TPSA) is 55.1 Å². The summed E-state index contributed by atoms with van der Waals surface area (Å²) < 4.78 is 12.9. The number of halogens is 1. The van der Waals surface area contributed by atoms with Gasteiger partial charge in [0.1, 0.15) is 5.82 Å². The van der Waals surface area contributed by atoms with Gasteiger partial charge in [-0.2, -0.15) is 0 Å². The minimum atomic E-state index is -0.210. The highest BCUT2D eigenvalue weighted by Gasteiger charge is 2.25. The maximum Gasteiger partial charge on any atom is 0.220 e. The van der Waals surface area contributed by atoms with Gasteiger partial charge in [-0.05, 0) is 50.3 Å². The van der Waals surface area contributed by atoms with Crippen molar-refractivity contribution >= 4 is 5.91 Å². The summed E-state index contributed by atoms with van der Waals surface area (Å²) in [4.78, 5) is 11.1. The molecule has 0 radical (unpaired) electrons. The van der Waals surface area contributed by atoms with Crippen molar-refractivity contribution in [2.45, 2.75) is 44.7 Å². The average Bonchev–Trinajstić information content (AvgIpc) is 2.40. The summed E-state index contributed by atoms with van der Waals surface area (Å²) in [5.41, 5.74) is 6.41. The summed E-state index contributed by atoms with van der Waals surface area (Å²) in [7, 11) is 0. The third-order valence-corrected chi connectivity index (χ3v) is 3.99. The van der Waals surface area contributed by atoms with E-state index in [9.17, 15) is 9.18 Å². The normalized spacial score (nSPS) is 24.9. The lowest BCUT2D eigenvalue weighted by Gasteiger charge is -2.30. The second-order valence-corrected chi connectivity index (χ2v) is 5.39. The first-order valence-electron chi connectivity index (χ1n) is 6.87. The fourth-order valence-electron chi connectivity index (χ4n) is 2.75. The van der Waals surface area contributed by atoms with Gasteiger partial charge < -0.3 is 11.1 Å². The van der Waals surface area contributed by atoms with Gasteiger partial charge in [-0.25, -0.2) is 4.39 Å². The van der Waals surface area contributed by atoms with Crippen LogP contribution in [0.4, 0.5) is 4.39 Å². The molecule has 2 rings (SSSR count). The summed E-state index contributed by atoms with van der Waals surface area (Å²) in [5, 5.41) is 3.54. The van der Waals surface area contributed by atoms with Crippen LogP contribution in [-0.2, 0) is 4.79 Å². The molecule has 0 saturated heterocycles. The zero-order valence-electron chi connectivity index (χ0n) is 11.2. The molecule has 1 aliphatic carbocycles. The van der Waals surface area contributed by atoms with Crippen LogP contribution < -0.4 is 11.1 Å². The summed E-state index contributed by atoms with van der Waals surface area (Å²) in [6.07, 6.45) is 3.67. The SMILES string of the molecule is CC(NC1CCC(C(N)=O)CC1)c1ccc(F)cc1. The van der Waals surface area contributed by atoms with E-state index in [0.29, 0.717) is 6.04 Å². The second kappa shape index (κ2) is 6.15. The Labute approximate surface area is 113 Å². The quantitative estimate of drug-likeness (QED) is 0.878. The Morgan fingerprint density at radius 3 is 2.37 bits per heavy atom. The Morgan fingerprint density at radius 2 is 1.84 bits per heavy atom. The molecule has 1 aromatic rings. The first-order chi connectivity index (χ1) is 9.06. The van der Waals surface area contributed by atoms with Crippen molar-refractivity contribution in [2.75, 3.05) is 0 Å². The predicted molar refractivity (Wildman–Crippen MR) is 72.9 cm³/mol. The molecule has 1 saturated carbocycles. The van der Waals surface area contributed by atoms with Gasteiger partial charge in [0.25, 0.3) is 0 Å². The molecule has 0 spiro atoms. The standard InChI is InChI=1S/C15H21FN2O/c1-10(11-2-6-13(16)7-3-11)18-14-8-4-12(5-9-14)15(17)19/h2-3,6-7,10,12,14,18H,4-5,8-9H2,1H3,(H2,17,19). The number of carbonyl (C=O) groups is 1. The lowest BCUT2D eigenvalue weighted by Crippen LogP contribution is -2.37. The summed E-state index contributed by atoms with van der Waals surface area (Å²) in [6, 6.07) is 7.19. The van der Waals surface area contributed by atoms with Gasteiger partial charge in [-0.3, -0.25) is 4.79 Å². The number of nitrogens with one attached hydrogen (secondary N) is 1. The highest BCUT2D eigenvalue weighted by atomic mass is 19.1. The van der Waals surface area contributed by atoms with Crippen LogP contribution in [0.1, 0.15) is 44.2 Å². The van der Waals surface area contributed by atoms with Crippen LogP contribution in [0.15, 0.2) is 24.3 Å². The van der Waals surface area contributed by atoms with Gasteiger partial charge in [0.15, 0.2) is 0 Å². The molecule has 0 heterocycles. The van der Waals surface area contributed by atoms with E-state index in [1.807, 2.05) is 12.1 Å². The van der Waals surface area contributed by atoms with Gasteiger partial charge in [0, 0.05) is 18.0 Å². The Hall–Kier alpha value is -1.42. The molecule has 3 nitrogen and oxygen atoms in total.